The number of allylic oxidation sites excluding steroid dienone is 4. The predicted molar refractivity (Wildman–Crippen MR) is 68.8 cm³/mol. The zero-order valence-electron chi connectivity index (χ0n) is 10.0. The highest BCUT2D eigenvalue weighted by molar-refractivity contribution is 5.21. The molecule has 2 atom stereocenters. The lowest BCUT2D eigenvalue weighted by Crippen LogP contribution is -1.91. The Kier molecular flexibility index (Phi) is 4.87. The molecule has 1 aliphatic rings. The molecule has 15 heavy (non-hydrogen) atoms. The van der Waals surface area contributed by atoms with E-state index in [2.05, 4.69) is 38.3 Å². The fourth-order valence-corrected chi connectivity index (χ4v) is 2.09. The molecular weight excluding hydrogens is 180 g/mol. The molecule has 0 spiro atoms. The molecule has 1 fully saturated rings. The van der Waals surface area contributed by atoms with Crippen molar-refractivity contribution in [3.63, 3.8) is 0 Å². The van der Waals surface area contributed by atoms with Gasteiger partial charge in [0.1, 0.15) is 0 Å². The minimum Gasteiger partial charge on any atom is -0.103 e. The Bertz CT molecular complexity index is 236. The second-order valence-electron chi connectivity index (χ2n) is 4.75. The maximum atomic E-state index is 3.92. The molecule has 1 saturated carbocycles. The van der Waals surface area contributed by atoms with Crippen LogP contribution in [0.15, 0.2) is 37.5 Å². The van der Waals surface area contributed by atoms with Crippen LogP contribution in [0.25, 0.3) is 0 Å². The predicted octanol–water partition coefficient (Wildman–Crippen LogP) is 4.89. The summed E-state index contributed by atoms with van der Waals surface area (Å²) in [5.74, 6) is 0.812. The largest absolute Gasteiger partial charge is 0.103 e. The maximum Gasteiger partial charge on any atom is 0.00873 e. The van der Waals surface area contributed by atoms with E-state index in [0.29, 0.717) is 5.41 Å². The van der Waals surface area contributed by atoms with Crippen molar-refractivity contribution >= 4 is 0 Å². The Morgan fingerprint density at radius 3 is 2.40 bits per heavy atom. The fourth-order valence-electron chi connectivity index (χ4n) is 2.09. The minimum atomic E-state index is 0.362. The first-order chi connectivity index (χ1) is 7.25. The van der Waals surface area contributed by atoms with Gasteiger partial charge in [0.05, 0.1) is 0 Å². The topological polar surface area (TPSA) is 0 Å². The van der Waals surface area contributed by atoms with Gasteiger partial charge in [-0.1, -0.05) is 37.6 Å². The van der Waals surface area contributed by atoms with Gasteiger partial charge in [-0.15, -0.1) is 13.2 Å². The number of hydrogen-bond donors (Lipinski definition) is 0. The molecule has 0 heterocycles. The number of unbranched alkanes of at least 4 members (excludes halogenated alkanes) is 4. The highest BCUT2D eigenvalue weighted by Crippen LogP contribution is 2.54. The van der Waals surface area contributed by atoms with Gasteiger partial charge in [-0.3, -0.25) is 0 Å². The van der Waals surface area contributed by atoms with E-state index in [9.17, 15) is 0 Å². The first-order valence-corrected chi connectivity index (χ1v) is 6.17. The van der Waals surface area contributed by atoms with Crippen molar-refractivity contribution in [2.45, 2.75) is 45.4 Å². The third-order valence-electron chi connectivity index (χ3n) is 3.50. The third-order valence-corrected chi connectivity index (χ3v) is 3.50. The van der Waals surface area contributed by atoms with Crippen LogP contribution in [-0.4, -0.2) is 0 Å². The summed E-state index contributed by atoms with van der Waals surface area (Å²) in [7, 11) is 0. The van der Waals surface area contributed by atoms with Crippen molar-refractivity contribution in [3.8, 4) is 0 Å². The molecule has 84 valence electrons. The Balaban J connectivity index is 2.07. The highest BCUT2D eigenvalue weighted by atomic mass is 14.5. The van der Waals surface area contributed by atoms with Crippen LogP contribution in [0.2, 0.25) is 0 Å². The molecular formula is C15H24. The number of rotatable bonds is 8. The van der Waals surface area contributed by atoms with E-state index >= 15 is 0 Å². The molecule has 0 saturated heterocycles. The number of hydrogen-bond acceptors (Lipinski definition) is 0. The van der Waals surface area contributed by atoms with Gasteiger partial charge >= 0.3 is 0 Å². The van der Waals surface area contributed by atoms with E-state index < -0.39 is 0 Å². The SMILES string of the molecule is C=CCCCCCC=CC1(C=C)CC1C. The van der Waals surface area contributed by atoms with E-state index in [-0.39, 0.29) is 0 Å². The summed E-state index contributed by atoms with van der Waals surface area (Å²) < 4.78 is 0. The standard InChI is InChI=1S/C15H24/c1-4-6-7-8-9-10-11-12-15(5-2)13-14(15)3/h4-5,11-12,14H,1-2,6-10,13H2,3H3. The van der Waals surface area contributed by atoms with E-state index in [4.69, 9.17) is 0 Å². The molecule has 0 aromatic carbocycles. The molecule has 0 aromatic heterocycles. The van der Waals surface area contributed by atoms with Crippen molar-refractivity contribution in [1.29, 1.82) is 0 Å². The molecule has 0 aromatic rings. The van der Waals surface area contributed by atoms with E-state index in [0.717, 1.165) is 12.3 Å². The van der Waals surface area contributed by atoms with Crippen molar-refractivity contribution in [2.75, 3.05) is 0 Å². The first-order valence-electron chi connectivity index (χ1n) is 6.17. The molecule has 0 N–H and O–H groups in total. The lowest BCUT2D eigenvalue weighted by Gasteiger charge is -2.02. The van der Waals surface area contributed by atoms with Gasteiger partial charge in [-0.25, -0.2) is 0 Å². The second kappa shape index (κ2) is 5.95. The minimum absolute atomic E-state index is 0.362. The van der Waals surface area contributed by atoms with Crippen molar-refractivity contribution < 1.29 is 0 Å². The van der Waals surface area contributed by atoms with Crippen molar-refractivity contribution in [1.82, 2.24) is 0 Å². The molecule has 0 heteroatoms. The van der Waals surface area contributed by atoms with Crippen LogP contribution in [0.3, 0.4) is 0 Å². The summed E-state index contributed by atoms with van der Waals surface area (Å²) >= 11 is 0. The quantitative estimate of drug-likeness (QED) is 0.390. The zero-order valence-corrected chi connectivity index (χ0v) is 10.0. The van der Waals surface area contributed by atoms with Gasteiger partial charge in [0, 0.05) is 5.41 Å². The average Bonchev–Trinajstić information content (AvgIpc) is 2.89. The van der Waals surface area contributed by atoms with Gasteiger partial charge in [-0.2, -0.15) is 0 Å². The van der Waals surface area contributed by atoms with Gasteiger partial charge in [0.2, 0.25) is 0 Å². The van der Waals surface area contributed by atoms with E-state index in [1.165, 1.54) is 32.1 Å². The van der Waals surface area contributed by atoms with Crippen LogP contribution in [0.1, 0.15) is 45.4 Å². The molecule has 0 bridgehead atoms. The van der Waals surface area contributed by atoms with Crippen LogP contribution in [0.4, 0.5) is 0 Å². The Morgan fingerprint density at radius 2 is 1.87 bits per heavy atom. The Hall–Kier alpha value is -0.780. The molecule has 0 radical (unpaired) electrons. The fraction of sp³-hybridized carbons (Fsp3) is 0.600. The summed E-state index contributed by atoms with van der Waals surface area (Å²) in [6.45, 7) is 9.95. The third kappa shape index (κ3) is 3.70. The van der Waals surface area contributed by atoms with Gasteiger partial charge in [-0.05, 0) is 38.0 Å². The first kappa shape index (κ1) is 12.3. The van der Waals surface area contributed by atoms with Crippen molar-refractivity contribution in [2.24, 2.45) is 11.3 Å². The molecule has 1 rings (SSSR count). The Labute approximate surface area is 94.8 Å². The summed E-state index contributed by atoms with van der Waals surface area (Å²) in [5, 5.41) is 0. The summed E-state index contributed by atoms with van der Waals surface area (Å²) in [5.41, 5.74) is 0.362. The average molecular weight is 204 g/mol. The Morgan fingerprint density at radius 1 is 1.20 bits per heavy atom. The van der Waals surface area contributed by atoms with Crippen molar-refractivity contribution in [3.05, 3.63) is 37.5 Å². The van der Waals surface area contributed by atoms with Crippen LogP contribution in [0.5, 0.6) is 0 Å². The summed E-state index contributed by atoms with van der Waals surface area (Å²) in [6, 6.07) is 0. The van der Waals surface area contributed by atoms with Crippen LogP contribution >= 0.6 is 0 Å². The normalized spacial score (nSPS) is 29.3. The zero-order chi connectivity index (χ0) is 11.1. The molecule has 0 aliphatic heterocycles. The smallest absolute Gasteiger partial charge is 0.00873 e. The molecule has 0 nitrogen and oxygen atoms in total. The summed E-state index contributed by atoms with van der Waals surface area (Å²) in [6.07, 6.45) is 16.5. The van der Waals surface area contributed by atoms with Gasteiger partial charge in [0.25, 0.3) is 0 Å². The van der Waals surface area contributed by atoms with Gasteiger partial charge < -0.3 is 0 Å². The lowest BCUT2D eigenvalue weighted by molar-refractivity contribution is 0.688. The second-order valence-corrected chi connectivity index (χ2v) is 4.75. The van der Waals surface area contributed by atoms with Gasteiger partial charge in [0.15, 0.2) is 0 Å². The molecule has 2 unspecified atom stereocenters. The van der Waals surface area contributed by atoms with Crippen LogP contribution in [0, 0.1) is 11.3 Å². The van der Waals surface area contributed by atoms with E-state index in [1.54, 1.807) is 0 Å². The van der Waals surface area contributed by atoms with Crippen LogP contribution in [-0.2, 0) is 0 Å². The lowest BCUT2D eigenvalue weighted by atomic mass is 10.0. The highest BCUT2D eigenvalue weighted by Gasteiger charge is 2.45. The van der Waals surface area contributed by atoms with E-state index in [1.807, 2.05) is 6.08 Å². The monoisotopic (exact) mass is 204 g/mol. The molecule has 0 amide bonds. The maximum absolute atomic E-state index is 3.92. The van der Waals surface area contributed by atoms with Crippen LogP contribution < -0.4 is 0 Å². The summed E-state index contributed by atoms with van der Waals surface area (Å²) in [4.78, 5) is 0. The molecule has 1 aliphatic carbocycles.